The highest BCUT2D eigenvalue weighted by atomic mass is 32.1. The average molecular weight is 253 g/mol. The van der Waals surface area contributed by atoms with Gasteiger partial charge in [0.15, 0.2) is 5.78 Å². The van der Waals surface area contributed by atoms with Gasteiger partial charge in [0.05, 0.1) is 5.52 Å². The summed E-state index contributed by atoms with van der Waals surface area (Å²) in [6, 6.07) is 13.5. The Morgan fingerprint density at radius 3 is 2.83 bits per heavy atom. The van der Waals surface area contributed by atoms with Crippen molar-refractivity contribution in [3.05, 3.63) is 64.5 Å². The van der Waals surface area contributed by atoms with Crippen LogP contribution in [0.25, 0.3) is 10.9 Å². The smallest absolute Gasteiger partial charge is 0.168 e. The zero-order valence-corrected chi connectivity index (χ0v) is 10.5. The summed E-state index contributed by atoms with van der Waals surface area (Å²) in [6.45, 7) is 0. The Morgan fingerprint density at radius 2 is 2.00 bits per heavy atom. The molecule has 0 bridgehead atoms. The van der Waals surface area contributed by atoms with Crippen LogP contribution >= 0.6 is 11.3 Å². The summed E-state index contributed by atoms with van der Waals surface area (Å²) in [4.78, 5) is 17.7. The molecule has 0 spiro atoms. The lowest BCUT2D eigenvalue weighted by Gasteiger charge is -2.04. The highest BCUT2D eigenvalue weighted by molar-refractivity contribution is 7.10. The third-order valence-corrected chi connectivity index (χ3v) is 3.74. The number of hydrogen-bond acceptors (Lipinski definition) is 3. The molecule has 3 heteroatoms. The molecular formula is C15H11NOS. The van der Waals surface area contributed by atoms with Gasteiger partial charge in [0.25, 0.3) is 0 Å². The number of carbonyl (C=O) groups excluding carboxylic acids is 1. The Morgan fingerprint density at radius 1 is 1.11 bits per heavy atom. The van der Waals surface area contributed by atoms with Crippen molar-refractivity contribution in [3.8, 4) is 0 Å². The van der Waals surface area contributed by atoms with Gasteiger partial charge in [0.1, 0.15) is 0 Å². The van der Waals surface area contributed by atoms with Crippen molar-refractivity contribution in [2.75, 3.05) is 0 Å². The Bertz CT molecular complexity index is 683. The highest BCUT2D eigenvalue weighted by Gasteiger charge is 2.11. The SMILES string of the molecule is O=C(Cc1cccs1)c1ccnc2ccccc12. The van der Waals surface area contributed by atoms with Gasteiger partial charge in [-0.1, -0.05) is 24.3 Å². The summed E-state index contributed by atoms with van der Waals surface area (Å²) in [5, 5.41) is 2.93. The number of pyridine rings is 1. The standard InChI is InChI=1S/C15H11NOS/c17-15(10-11-4-3-9-18-11)13-7-8-16-14-6-2-1-5-12(13)14/h1-9H,10H2. The molecule has 0 aliphatic rings. The molecule has 0 radical (unpaired) electrons. The molecule has 18 heavy (non-hydrogen) atoms. The normalized spacial score (nSPS) is 10.7. The van der Waals surface area contributed by atoms with E-state index in [-0.39, 0.29) is 5.78 Å². The molecule has 3 rings (SSSR count). The fourth-order valence-electron chi connectivity index (χ4n) is 2.01. The van der Waals surface area contributed by atoms with Gasteiger partial charge in [-0.2, -0.15) is 0 Å². The van der Waals surface area contributed by atoms with Crippen molar-refractivity contribution in [3.63, 3.8) is 0 Å². The lowest BCUT2D eigenvalue weighted by atomic mass is 10.0. The molecule has 88 valence electrons. The molecule has 0 atom stereocenters. The minimum absolute atomic E-state index is 0.149. The number of aromatic nitrogens is 1. The molecule has 3 aromatic rings. The van der Waals surface area contributed by atoms with E-state index >= 15 is 0 Å². The number of nitrogens with zero attached hydrogens (tertiary/aromatic N) is 1. The molecule has 1 aromatic carbocycles. The van der Waals surface area contributed by atoms with Crippen molar-refractivity contribution >= 4 is 28.0 Å². The lowest BCUT2D eigenvalue weighted by Crippen LogP contribution is -2.03. The van der Waals surface area contributed by atoms with Gasteiger partial charge < -0.3 is 0 Å². The zero-order chi connectivity index (χ0) is 12.4. The van der Waals surface area contributed by atoms with Gasteiger partial charge in [0, 0.05) is 28.4 Å². The molecule has 0 N–H and O–H groups in total. The van der Waals surface area contributed by atoms with Gasteiger partial charge in [0.2, 0.25) is 0 Å². The van der Waals surface area contributed by atoms with Crippen LogP contribution in [0.4, 0.5) is 0 Å². The molecular weight excluding hydrogens is 242 g/mol. The number of Topliss-reactive ketones (excluding diaryl/α,β-unsaturated/α-hetero) is 1. The number of ketones is 1. The first-order valence-corrected chi connectivity index (χ1v) is 6.62. The number of fused-ring (bicyclic) bond motifs is 1. The number of benzene rings is 1. The van der Waals surface area contributed by atoms with E-state index in [1.54, 1.807) is 23.6 Å². The molecule has 2 nitrogen and oxygen atoms in total. The third kappa shape index (κ3) is 2.05. The molecule has 0 saturated carbocycles. The second kappa shape index (κ2) is 4.70. The Hall–Kier alpha value is -2.00. The van der Waals surface area contributed by atoms with E-state index in [0.717, 1.165) is 21.3 Å². The maximum Gasteiger partial charge on any atom is 0.168 e. The van der Waals surface area contributed by atoms with Crippen LogP contribution in [0.2, 0.25) is 0 Å². The minimum Gasteiger partial charge on any atom is -0.294 e. The van der Waals surface area contributed by atoms with E-state index in [4.69, 9.17) is 0 Å². The van der Waals surface area contributed by atoms with Crippen molar-refractivity contribution in [1.29, 1.82) is 0 Å². The lowest BCUT2D eigenvalue weighted by molar-refractivity contribution is 0.0995. The Kier molecular flexibility index (Phi) is 2.90. The fourth-order valence-corrected chi connectivity index (χ4v) is 2.71. The topological polar surface area (TPSA) is 30.0 Å². The monoisotopic (exact) mass is 253 g/mol. The zero-order valence-electron chi connectivity index (χ0n) is 9.67. The molecule has 0 amide bonds. The summed E-state index contributed by atoms with van der Waals surface area (Å²) in [6.07, 6.45) is 2.16. The first-order valence-electron chi connectivity index (χ1n) is 5.74. The number of para-hydroxylation sites is 1. The summed E-state index contributed by atoms with van der Waals surface area (Å²) >= 11 is 1.61. The quantitative estimate of drug-likeness (QED) is 0.666. The largest absolute Gasteiger partial charge is 0.294 e. The molecule has 2 heterocycles. The van der Waals surface area contributed by atoms with Crippen molar-refractivity contribution in [2.24, 2.45) is 0 Å². The third-order valence-electron chi connectivity index (χ3n) is 2.86. The first-order chi connectivity index (χ1) is 8.84. The van der Waals surface area contributed by atoms with Gasteiger partial charge >= 0.3 is 0 Å². The van der Waals surface area contributed by atoms with Crippen LogP contribution in [0.15, 0.2) is 54.0 Å². The maximum absolute atomic E-state index is 12.3. The van der Waals surface area contributed by atoms with Crippen LogP contribution in [-0.2, 0) is 6.42 Å². The second-order valence-electron chi connectivity index (χ2n) is 4.05. The molecule has 2 aromatic heterocycles. The van der Waals surface area contributed by atoms with Gasteiger partial charge in [-0.05, 0) is 23.6 Å². The van der Waals surface area contributed by atoms with Gasteiger partial charge in [-0.3, -0.25) is 9.78 Å². The first kappa shape index (κ1) is 11.1. The van der Waals surface area contributed by atoms with E-state index in [2.05, 4.69) is 4.98 Å². The van der Waals surface area contributed by atoms with Crippen molar-refractivity contribution in [2.45, 2.75) is 6.42 Å². The second-order valence-corrected chi connectivity index (χ2v) is 5.09. The Balaban J connectivity index is 2.01. The van der Waals surface area contributed by atoms with Crippen LogP contribution in [0.1, 0.15) is 15.2 Å². The van der Waals surface area contributed by atoms with Crippen LogP contribution in [0, 0.1) is 0 Å². The molecule has 0 fully saturated rings. The summed E-state index contributed by atoms with van der Waals surface area (Å²) in [5.41, 5.74) is 1.63. The van der Waals surface area contributed by atoms with Crippen LogP contribution < -0.4 is 0 Å². The highest BCUT2D eigenvalue weighted by Crippen LogP contribution is 2.19. The van der Waals surface area contributed by atoms with Crippen LogP contribution in [-0.4, -0.2) is 10.8 Å². The number of carbonyl (C=O) groups is 1. The Labute approximate surface area is 109 Å². The number of thiophene rings is 1. The van der Waals surface area contributed by atoms with Gasteiger partial charge in [-0.15, -0.1) is 11.3 Å². The molecule has 0 aliphatic heterocycles. The number of rotatable bonds is 3. The van der Waals surface area contributed by atoms with E-state index in [1.165, 1.54) is 0 Å². The summed E-state index contributed by atoms with van der Waals surface area (Å²) in [7, 11) is 0. The van der Waals surface area contributed by atoms with Gasteiger partial charge in [-0.25, -0.2) is 0 Å². The average Bonchev–Trinajstić information content (AvgIpc) is 2.91. The maximum atomic E-state index is 12.3. The van der Waals surface area contributed by atoms with Crippen LogP contribution in [0.3, 0.4) is 0 Å². The van der Waals surface area contributed by atoms with Crippen LogP contribution in [0.5, 0.6) is 0 Å². The summed E-state index contributed by atoms with van der Waals surface area (Å²) in [5.74, 6) is 0.149. The predicted octanol–water partition coefficient (Wildman–Crippen LogP) is 3.72. The van der Waals surface area contributed by atoms with Crippen molar-refractivity contribution in [1.82, 2.24) is 4.98 Å². The predicted molar refractivity (Wildman–Crippen MR) is 74.1 cm³/mol. The molecule has 0 unspecified atom stereocenters. The van der Waals surface area contributed by atoms with E-state index in [9.17, 15) is 4.79 Å². The van der Waals surface area contributed by atoms with E-state index in [1.807, 2.05) is 41.8 Å². The minimum atomic E-state index is 0.149. The van der Waals surface area contributed by atoms with E-state index in [0.29, 0.717) is 6.42 Å². The van der Waals surface area contributed by atoms with Crippen molar-refractivity contribution < 1.29 is 4.79 Å². The molecule has 0 aliphatic carbocycles. The fraction of sp³-hybridized carbons (Fsp3) is 0.0667. The molecule has 0 saturated heterocycles. The van der Waals surface area contributed by atoms with E-state index < -0.39 is 0 Å². The summed E-state index contributed by atoms with van der Waals surface area (Å²) < 4.78 is 0. The number of hydrogen-bond donors (Lipinski definition) is 0.